The van der Waals surface area contributed by atoms with Crippen molar-refractivity contribution in [3.05, 3.63) is 47.7 Å². The Balaban J connectivity index is 1.48. The molecule has 5 rings (SSSR count). The summed E-state index contributed by atoms with van der Waals surface area (Å²) >= 11 is 1.35. The SMILES string of the molecule is CC#CC(=O)N1CCC[C@@H](n2nc(-c3ccc(C(=O)Nc4nccs4)cc3)c3c(N)ncnc32)C1. The van der Waals surface area contributed by atoms with Crippen LogP contribution in [0, 0.1) is 11.8 Å². The number of carbonyl (C=O) groups excluding carboxylic acids is 2. The van der Waals surface area contributed by atoms with Crippen LogP contribution >= 0.6 is 11.3 Å². The van der Waals surface area contributed by atoms with Crippen molar-refractivity contribution < 1.29 is 9.59 Å². The zero-order valence-electron chi connectivity index (χ0n) is 18.9. The van der Waals surface area contributed by atoms with E-state index in [9.17, 15) is 9.59 Å². The molecule has 1 aromatic carbocycles. The van der Waals surface area contributed by atoms with Gasteiger partial charge in [0, 0.05) is 35.8 Å². The van der Waals surface area contributed by atoms with E-state index in [1.54, 1.807) is 35.5 Å². The number of carbonyl (C=O) groups is 2. The van der Waals surface area contributed by atoms with Crippen LogP contribution in [0.3, 0.4) is 0 Å². The minimum absolute atomic E-state index is 0.0692. The van der Waals surface area contributed by atoms with Gasteiger partial charge in [-0.2, -0.15) is 5.10 Å². The predicted octanol–water partition coefficient (Wildman–Crippen LogP) is 2.97. The van der Waals surface area contributed by atoms with E-state index in [-0.39, 0.29) is 17.9 Å². The van der Waals surface area contributed by atoms with Crippen LogP contribution in [0.15, 0.2) is 42.2 Å². The van der Waals surface area contributed by atoms with Crippen molar-refractivity contribution in [1.29, 1.82) is 0 Å². The van der Waals surface area contributed by atoms with Gasteiger partial charge in [-0.25, -0.2) is 19.6 Å². The minimum Gasteiger partial charge on any atom is -0.383 e. The van der Waals surface area contributed by atoms with E-state index in [0.717, 1.165) is 18.4 Å². The average molecular weight is 487 g/mol. The number of hydrogen-bond acceptors (Lipinski definition) is 8. The number of nitrogen functional groups attached to an aromatic ring is 1. The first-order chi connectivity index (χ1) is 17.0. The number of likely N-dealkylation sites (tertiary alicyclic amines) is 1. The molecule has 0 spiro atoms. The lowest BCUT2D eigenvalue weighted by Gasteiger charge is -2.31. The molecule has 1 fully saturated rings. The van der Waals surface area contributed by atoms with E-state index in [2.05, 4.69) is 32.1 Å². The van der Waals surface area contributed by atoms with E-state index in [1.807, 2.05) is 16.8 Å². The molecule has 1 atom stereocenters. The van der Waals surface area contributed by atoms with Crippen LogP contribution in [-0.4, -0.2) is 54.5 Å². The van der Waals surface area contributed by atoms with Crippen LogP contribution in [0.5, 0.6) is 0 Å². The lowest BCUT2D eigenvalue weighted by atomic mass is 10.1. The highest BCUT2D eigenvalue weighted by Crippen LogP contribution is 2.34. The molecule has 0 aliphatic carbocycles. The van der Waals surface area contributed by atoms with E-state index in [0.29, 0.717) is 46.3 Å². The van der Waals surface area contributed by atoms with Crippen molar-refractivity contribution in [3.8, 4) is 23.1 Å². The fourth-order valence-electron chi connectivity index (χ4n) is 4.21. The molecule has 35 heavy (non-hydrogen) atoms. The number of thiazole rings is 1. The second-order valence-corrected chi connectivity index (χ2v) is 8.94. The zero-order chi connectivity index (χ0) is 24.4. The standard InChI is InChI=1S/C24H22N8O2S/c1-2-4-18(33)31-11-3-5-17(13-31)32-22-19(21(25)27-14-28-22)20(30-32)15-6-8-16(9-7-15)23(34)29-24-26-10-12-35-24/h6-10,12,14,17H,3,5,11,13H2,1H3,(H2,25,27,28)(H,26,29,34)/t17-/m1/s1. The second kappa shape index (κ2) is 9.52. The quantitative estimate of drug-likeness (QED) is 0.424. The largest absolute Gasteiger partial charge is 0.383 e. The molecule has 4 heterocycles. The van der Waals surface area contributed by atoms with Crippen molar-refractivity contribution in [1.82, 2.24) is 29.6 Å². The van der Waals surface area contributed by atoms with Crippen molar-refractivity contribution in [2.24, 2.45) is 0 Å². The van der Waals surface area contributed by atoms with Gasteiger partial charge in [-0.05, 0) is 37.8 Å². The molecule has 1 saturated heterocycles. The van der Waals surface area contributed by atoms with Gasteiger partial charge in [-0.1, -0.05) is 18.1 Å². The number of anilines is 2. The minimum atomic E-state index is -0.244. The maximum absolute atomic E-state index is 12.5. The highest BCUT2D eigenvalue weighted by atomic mass is 32.1. The third-order valence-electron chi connectivity index (χ3n) is 5.85. The molecular formula is C24H22N8O2S. The molecular weight excluding hydrogens is 464 g/mol. The molecule has 1 aliphatic rings. The van der Waals surface area contributed by atoms with E-state index < -0.39 is 0 Å². The molecule has 0 radical (unpaired) electrons. The Morgan fingerprint density at radius 3 is 2.77 bits per heavy atom. The van der Waals surface area contributed by atoms with Gasteiger partial charge in [0.1, 0.15) is 17.8 Å². The summed E-state index contributed by atoms with van der Waals surface area (Å²) in [6, 6.07) is 7.03. The van der Waals surface area contributed by atoms with Crippen LogP contribution in [-0.2, 0) is 4.79 Å². The molecule has 0 saturated carbocycles. The predicted molar refractivity (Wildman–Crippen MR) is 134 cm³/mol. The molecule has 10 nitrogen and oxygen atoms in total. The van der Waals surface area contributed by atoms with Gasteiger partial charge >= 0.3 is 0 Å². The lowest BCUT2D eigenvalue weighted by molar-refractivity contribution is -0.126. The third-order valence-corrected chi connectivity index (χ3v) is 6.54. The number of nitrogens with two attached hydrogens (primary N) is 1. The summed E-state index contributed by atoms with van der Waals surface area (Å²) in [6.45, 7) is 2.81. The number of aromatic nitrogens is 5. The zero-order valence-corrected chi connectivity index (χ0v) is 19.7. The van der Waals surface area contributed by atoms with Crippen molar-refractivity contribution in [2.45, 2.75) is 25.8 Å². The molecule has 1 aliphatic heterocycles. The van der Waals surface area contributed by atoms with E-state index in [1.165, 1.54) is 17.7 Å². The number of piperidine rings is 1. The maximum Gasteiger partial charge on any atom is 0.298 e. The summed E-state index contributed by atoms with van der Waals surface area (Å²) < 4.78 is 1.84. The summed E-state index contributed by atoms with van der Waals surface area (Å²) in [5.41, 5.74) is 8.76. The molecule has 3 N–H and O–H groups in total. The first kappa shape index (κ1) is 22.5. The first-order valence-corrected chi connectivity index (χ1v) is 11.9. The summed E-state index contributed by atoms with van der Waals surface area (Å²) in [7, 11) is 0. The number of hydrogen-bond donors (Lipinski definition) is 2. The summed E-state index contributed by atoms with van der Waals surface area (Å²) in [4.78, 5) is 39.3. The van der Waals surface area contributed by atoms with Crippen molar-refractivity contribution in [3.63, 3.8) is 0 Å². The first-order valence-electron chi connectivity index (χ1n) is 11.1. The molecule has 0 unspecified atom stereocenters. The molecule has 2 amide bonds. The van der Waals surface area contributed by atoms with Gasteiger partial charge < -0.3 is 10.6 Å². The van der Waals surface area contributed by atoms with Crippen LogP contribution < -0.4 is 11.1 Å². The summed E-state index contributed by atoms with van der Waals surface area (Å²) in [6.07, 6.45) is 4.73. The maximum atomic E-state index is 12.5. The highest BCUT2D eigenvalue weighted by Gasteiger charge is 2.28. The fraction of sp³-hybridized carbons (Fsp3) is 0.250. The van der Waals surface area contributed by atoms with Crippen LogP contribution in [0.1, 0.15) is 36.2 Å². The molecule has 176 valence electrons. The van der Waals surface area contributed by atoms with Gasteiger partial charge in [0.05, 0.1) is 11.4 Å². The number of fused-ring (bicyclic) bond motifs is 1. The Morgan fingerprint density at radius 1 is 1.20 bits per heavy atom. The van der Waals surface area contributed by atoms with Gasteiger partial charge in [-0.3, -0.25) is 14.9 Å². The molecule has 11 heteroatoms. The summed E-state index contributed by atoms with van der Waals surface area (Å²) in [5, 5.41) is 10.6. The van der Waals surface area contributed by atoms with Gasteiger partial charge in [0.25, 0.3) is 11.8 Å². The average Bonchev–Trinajstić information content (AvgIpc) is 3.53. The van der Waals surface area contributed by atoms with Gasteiger partial charge in [0.2, 0.25) is 0 Å². The van der Waals surface area contributed by atoms with Crippen molar-refractivity contribution >= 4 is 45.1 Å². The van der Waals surface area contributed by atoms with Gasteiger partial charge in [0.15, 0.2) is 10.8 Å². The van der Waals surface area contributed by atoms with E-state index >= 15 is 0 Å². The second-order valence-electron chi connectivity index (χ2n) is 8.04. The Morgan fingerprint density at radius 2 is 2.03 bits per heavy atom. The number of rotatable bonds is 4. The van der Waals surface area contributed by atoms with Crippen molar-refractivity contribution in [2.75, 3.05) is 24.1 Å². The number of amides is 2. The van der Waals surface area contributed by atoms with Crippen LogP contribution in [0.4, 0.5) is 10.9 Å². The topological polar surface area (TPSA) is 132 Å². The monoisotopic (exact) mass is 486 g/mol. The van der Waals surface area contributed by atoms with Crippen LogP contribution in [0.2, 0.25) is 0 Å². The Kier molecular flexibility index (Phi) is 6.12. The smallest absolute Gasteiger partial charge is 0.298 e. The van der Waals surface area contributed by atoms with Gasteiger partial charge in [-0.15, -0.1) is 11.3 Å². The lowest BCUT2D eigenvalue weighted by Crippen LogP contribution is -2.40. The normalized spacial score (nSPS) is 15.5. The molecule has 4 aromatic rings. The Hall–Kier alpha value is -4.30. The Bertz CT molecular complexity index is 1450. The molecule has 0 bridgehead atoms. The number of nitrogens with one attached hydrogen (secondary N) is 1. The number of nitrogens with zero attached hydrogens (tertiary/aromatic N) is 6. The van der Waals surface area contributed by atoms with Crippen LogP contribution in [0.25, 0.3) is 22.3 Å². The fourth-order valence-corrected chi connectivity index (χ4v) is 4.73. The molecule has 3 aromatic heterocycles. The Labute approximate surface area is 205 Å². The number of benzene rings is 1. The highest BCUT2D eigenvalue weighted by molar-refractivity contribution is 7.13. The van der Waals surface area contributed by atoms with E-state index in [4.69, 9.17) is 10.8 Å². The summed E-state index contributed by atoms with van der Waals surface area (Å²) in [5.74, 6) is 5.19. The third kappa shape index (κ3) is 4.43.